The van der Waals surface area contributed by atoms with E-state index in [4.69, 9.17) is 4.74 Å². The summed E-state index contributed by atoms with van der Waals surface area (Å²) in [6, 6.07) is 16.2. The van der Waals surface area contributed by atoms with E-state index in [1.807, 2.05) is 28.9 Å². The first kappa shape index (κ1) is 21.0. The van der Waals surface area contributed by atoms with E-state index in [-0.39, 0.29) is 17.6 Å². The largest absolute Gasteiger partial charge is 0.497 e. The van der Waals surface area contributed by atoms with Crippen LogP contribution >= 0.6 is 0 Å². The first-order valence-corrected chi connectivity index (χ1v) is 12.0. The maximum Gasteiger partial charge on any atom is 0.253 e. The highest BCUT2D eigenvalue weighted by Crippen LogP contribution is 2.36. The van der Waals surface area contributed by atoms with Crippen molar-refractivity contribution < 1.29 is 4.74 Å². The van der Waals surface area contributed by atoms with Crippen molar-refractivity contribution in [2.75, 3.05) is 13.7 Å². The molecule has 0 radical (unpaired) electrons. The Morgan fingerprint density at radius 2 is 1.91 bits per heavy atom. The molecule has 8 heteroatoms. The molecular weight excluding hydrogens is 428 g/mol. The number of ether oxygens (including phenoxy) is 1. The summed E-state index contributed by atoms with van der Waals surface area (Å²) in [5.41, 5.74) is 3.99. The van der Waals surface area contributed by atoms with Crippen LogP contribution in [0.15, 0.2) is 53.3 Å². The van der Waals surface area contributed by atoms with Crippen LogP contribution in [0, 0.1) is 0 Å². The predicted octanol–water partition coefficient (Wildman–Crippen LogP) is 3.79. The number of fused-ring (bicyclic) bond motifs is 2. The van der Waals surface area contributed by atoms with Crippen LogP contribution in [0.25, 0.3) is 10.9 Å². The number of nitrogens with one attached hydrogen (secondary N) is 1. The van der Waals surface area contributed by atoms with Crippen LogP contribution in [0.1, 0.15) is 60.3 Å². The molecule has 4 aromatic rings. The number of aromatic nitrogens is 5. The van der Waals surface area contributed by atoms with Gasteiger partial charge in [0.15, 0.2) is 5.82 Å². The second-order valence-corrected chi connectivity index (χ2v) is 9.32. The number of tetrazole rings is 1. The minimum absolute atomic E-state index is 0.109. The molecule has 3 heterocycles. The molecule has 34 heavy (non-hydrogen) atoms. The van der Waals surface area contributed by atoms with Gasteiger partial charge in [-0.15, -0.1) is 5.10 Å². The van der Waals surface area contributed by atoms with Crippen molar-refractivity contribution in [1.82, 2.24) is 30.1 Å². The predicted molar refractivity (Wildman–Crippen MR) is 129 cm³/mol. The number of methoxy groups -OCH3 is 1. The number of rotatable bonds is 5. The minimum Gasteiger partial charge on any atom is -0.497 e. The molecule has 1 aliphatic heterocycles. The average Bonchev–Trinajstić information content (AvgIpc) is 3.56. The molecule has 2 aromatic heterocycles. The van der Waals surface area contributed by atoms with Crippen molar-refractivity contribution in [3.8, 4) is 5.75 Å². The number of pyridine rings is 1. The lowest BCUT2D eigenvalue weighted by atomic mass is 9.95. The fourth-order valence-corrected chi connectivity index (χ4v) is 5.56. The number of hydrogen-bond donors (Lipinski definition) is 1. The van der Waals surface area contributed by atoms with Crippen molar-refractivity contribution in [3.05, 3.63) is 81.4 Å². The summed E-state index contributed by atoms with van der Waals surface area (Å²) in [4.78, 5) is 18.9. The normalized spacial score (nSPS) is 17.7. The van der Waals surface area contributed by atoms with E-state index in [1.54, 1.807) is 7.11 Å². The second kappa shape index (κ2) is 8.68. The third-order valence-corrected chi connectivity index (χ3v) is 7.33. The third-order valence-electron chi connectivity index (χ3n) is 7.33. The van der Waals surface area contributed by atoms with E-state index < -0.39 is 0 Å². The van der Waals surface area contributed by atoms with Gasteiger partial charge in [0.05, 0.1) is 13.2 Å². The minimum atomic E-state index is -0.344. The van der Waals surface area contributed by atoms with Crippen molar-refractivity contribution in [2.45, 2.75) is 50.7 Å². The molecule has 6 rings (SSSR count). The third kappa shape index (κ3) is 3.68. The molecule has 0 bridgehead atoms. The fourth-order valence-electron chi connectivity index (χ4n) is 5.56. The van der Waals surface area contributed by atoms with E-state index in [1.165, 1.54) is 24.0 Å². The quantitative estimate of drug-likeness (QED) is 0.492. The number of benzene rings is 2. The number of H-pyrrole nitrogens is 1. The summed E-state index contributed by atoms with van der Waals surface area (Å²) in [5, 5.41) is 13.9. The molecule has 1 saturated carbocycles. The highest BCUT2D eigenvalue weighted by molar-refractivity contribution is 5.80. The second-order valence-electron chi connectivity index (χ2n) is 9.32. The Labute approximate surface area is 197 Å². The zero-order valence-corrected chi connectivity index (χ0v) is 19.3. The Morgan fingerprint density at radius 3 is 2.74 bits per heavy atom. The molecule has 0 saturated heterocycles. The monoisotopic (exact) mass is 456 g/mol. The smallest absolute Gasteiger partial charge is 0.253 e. The molecule has 2 aromatic carbocycles. The Hall–Kier alpha value is -3.52. The van der Waals surface area contributed by atoms with Gasteiger partial charge in [0.25, 0.3) is 5.56 Å². The van der Waals surface area contributed by atoms with Crippen LogP contribution in [-0.2, 0) is 13.0 Å². The van der Waals surface area contributed by atoms with Gasteiger partial charge < -0.3 is 9.72 Å². The molecule has 8 nitrogen and oxygen atoms in total. The first-order valence-electron chi connectivity index (χ1n) is 12.0. The molecule has 0 amide bonds. The molecule has 2 aliphatic rings. The van der Waals surface area contributed by atoms with Gasteiger partial charge in [-0.3, -0.25) is 9.69 Å². The van der Waals surface area contributed by atoms with Gasteiger partial charge in [-0.25, -0.2) is 4.68 Å². The van der Waals surface area contributed by atoms with Crippen molar-refractivity contribution in [2.24, 2.45) is 0 Å². The lowest BCUT2D eigenvalue weighted by Crippen LogP contribution is -2.39. The maximum absolute atomic E-state index is 13.5. The van der Waals surface area contributed by atoms with Gasteiger partial charge in [0, 0.05) is 29.6 Å². The molecule has 1 unspecified atom stereocenters. The summed E-state index contributed by atoms with van der Waals surface area (Å²) in [6.07, 6.45) is 5.43. The Kier molecular flexibility index (Phi) is 5.37. The average molecular weight is 457 g/mol. The number of nitrogens with zero attached hydrogens (tertiary/aromatic N) is 5. The molecular formula is C26H28N6O2. The van der Waals surface area contributed by atoms with Crippen LogP contribution in [0.3, 0.4) is 0 Å². The molecule has 1 atom stereocenters. The number of aromatic amines is 1. The Balaban J connectivity index is 1.50. The number of hydrogen-bond acceptors (Lipinski definition) is 6. The highest BCUT2D eigenvalue weighted by atomic mass is 16.5. The van der Waals surface area contributed by atoms with Crippen molar-refractivity contribution in [3.63, 3.8) is 0 Å². The van der Waals surface area contributed by atoms with E-state index in [0.717, 1.165) is 54.8 Å². The standard InChI is InChI=1S/C26H28N6O2/c1-34-21-10-11-23-19(14-21)15-22(26(33)27-23)24(25-28-29-30-32(25)20-8-4-5-9-20)31-13-12-17-6-2-3-7-18(17)16-31/h2-3,6-7,10-11,14-15,20,24H,4-5,8-9,12-13,16H2,1H3,(H,27,33). The van der Waals surface area contributed by atoms with Gasteiger partial charge in [0.2, 0.25) is 0 Å². The van der Waals surface area contributed by atoms with E-state index in [2.05, 4.69) is 49.7 Å². The molecule has 0 spiro atoms. The lowest BCUT2D eigenvalue weighted by Gasteiger charge is -2.35. The summed E-state index contributed by atoms with van der Waals surface area (Å²) in [7, 11) is 1.65. The van der Waals surface area contributed by atoms with Crippen LogP contribution in [0.2, 0.25) is 0 Å². The zero-order chi connectivity index (χ0) is 23.1. The Bertz CT molecular complexity index is 1390. The lowest BCUT2D eigenvalue weighted by molar-refractivity contribution is 0.190. The van der Waals surface area contributed by atoms with Gasteiger partial charge >= 0.3 is 0 Å². The van der Waals surface area contributed by atoms with Crippen LogP contribution < -0.4 is 10.3 Å². The first-order chi connectivity index (χ1) is 16.7. The van der Waals surface area contributed by atoms with E-state index in [9.17, 15) is 4.79 Å². The van der Waals surface area contributed by atoms with Crippen LogP contribution in [-0.4, -0.2) is 43.7 Å². The zero-order valence-electron chi connectivity index (χ0n) is 19.3. The van der Waals surface area contributed by atoms with Gasteiger partial charge in [-0.05, 0) is 65.1 Å². The van der Waals surface area contributed by atoms with E-state index in [0.29, 0.717) is 5.56 Å². The molecule has 1 aliphatic carbocycles. The summed E-state index contributed by atoms with van der Waals surface area (Å²) in [5.74, 6) is 1.50. The van der Waals surface area contributed by atoms with Crippen LogP contribution in [0.5, 0.6) is 5.75 Å². The summed E-state index contributed by atoms with van der Waals surface area (Å²) >= 11 is 0. The summed E-state index contributed by atoms with van der Waals surface area (Å²) in [6.45, 7) is 1.57. The van der Waals surface area contributed by atoms with Crippen molar-refractivity contribution >= 4 is 10.9 Å². The fraction of sp³-hybridized carbons (Fsp3) is 0.385. The van der Waals surface area contributed by atoms with Gasteiger partial charge in [-0.1, -0.05) is 37.1 Å². The van der Waals surface area contributed by atoms with Crippen LogP contribution in [0.4, 0.5) is 0 Å². The molecule has 1 N–H and O–H groups in total. The summed E-state index contributed by atoms with van der Waals surface area (Å²) < 4.78 is 7.41. The SMILES string of the molecule is COc1ccc2[nH]c(=O)c(C(c3nnnn3C3CCCC3)N3CCc4ccccc4C3)cc2c1. The Morgan fingerprint density at radius 1 is 1.09 bits per heavy atom. The van der Waals surface area contributed by atoms with Gasteiger partial charge in [0.1, 0.15) is 11.8 Å². The topological polar surface area (TPSA) is 88.9 Å². The molecule has 174 valence electrons. The molecule has 1 fully saturated rings. The highest BCUT2D eigenvalue weighted by Gasteiger charge is 2.34. The van der Waals surface area contributed by atoms with Crippen molar-refractivity contribution in [1.29, 1.82) is 0 Å². The van der Waals surface area contributed by atoms with Gasteiger partial charge in [-0.2, -0.15) is 0 Å². The maximum atomic E-state index is 13.5. The van der Waals surface area contributed by atoms with E-state index >= 15 is 0 Å².